The number of halogens is 1. The van der Waals surface area contributed by atoms with E-state index in [0.29, 0.717) is 10.8 Å². The lowest BCUT2D eigenvalue weighted by Crippen LogP contribution is -2.11. The fraction of sp³-hybridized carbons (Fsp3) is 0.300. The maximum atomic E-state index is 5.86. The van der Waals surface area contributed by atoms with Gasteiger partial charge in [0.1, 0.15) is 5.82 Å². The summed E-state index contributed by atoms with van der Waals surface area (Å²) in [5.74, 6) is 0.523. The second kappa shape index (κ2) is 3.59. The standard InChI is InChI=1S/C10H12ClN3/c11-7-4-9(10(13)14-5-7)6-1-2-8(12)3-6/h3-5,8H,1-2,12H2,(H2,13,14). The van der Waals surface area contributed by atoms with Crippen LogP contribution in [0.4, 0.5) is 5.82 Å². The van der Waals surface area contributed by atoms with Crippen molar-refractivity contribution in [2.45, 2.75) is 18.9 Å². The van der Waals surface area contributed by atoms with Gasteiger partial charge in [-0.3, -0.25) is 0 Å². The summed E-state index contributed by atoms with van der Waals surface area (Å²) in [6.07, 6.45) is 5.51. The zero-order valence-corrected chi connectivity index (χ0v) is 8.46. The van der Waals surface area contributed by atoms with Crippen LogP contribution in [0.1, 0.15) is 18.4 Å². The van der Waals surface area contributed by atoms with Crippen LogP contribution in [0, 0.1) is 0 Å². The highest BCUT2D eigenvalue weighted by atomic mass is 35.5. The number of nitrogens with zero attached hydrogens (tertiary/aromatic N) is 1. The highest BCUT2D eigenvalue weighted by molar-refractivity contribution is 6.30. The van der Waals surface area contributed by atoms with Gasteiger partial charge in [0.2, 0.25) is 0 Å². The van der Waals surface area contributed by atoms with Gasteiger partial charge < -0.3 is 11.5 Å². The molecule has 0 amide bonds. The Bertz CT molecular complexity index is 387. The molecule has 74 valence electrons. The lowest BCUT2D eigenvalue weighted by atomic mass is 10.1. The summed E-state index contributed by atoms with van der Waals surface area (Å²) in [5.41, 5.74) is 13.6. The quantitative estimate of drug-likeness (QED) is 0.742. The zero-order valence-electron chi connectivity index (χ0n) is 7.70. The van der Waals surface area contributed by atoms with Gasteiger partial charge in [0.05, 0.1) is 5.02 Å². The summed E-state index contributed by atoms with van der Waals surface area (Å²) >= 11 is 5.86. The lowest BCUT2D eigenvalue weighted by Gasteiger charge is -2.05. The molecule has 1 unspecified atom stereocenters. The summed E-state index contributed by atoms with van der Waals surface area (Å²) in [7, 11) is 0. The van der Waals surface area contributed by atoms with Crippen LogP contribution in [0.2, 0.25) is 5.02 Å². The number of nitrogens with two attached hydrogens (primary N) is 2. The summed E-state index contributed by atoms with van der Waals surface area (Å²) in [5, 5.41) is 0.607. The molecule has 0 bridgehead atoms. The first kappa shape index (κ1) is 9.49. The van der Waals surface area contributed by atoms with E-state index < -0.39 is 0 Å². The van der Waals surface area contributed by atoms with Gasteiger partial charge in [-0.1, -0.05) is 17.7 Å². The van der Waals surface area contributed by atoms with Gasteiger partial charge in [-0.25, -0.2) is 4.98 Å². The smallest absolute Gasteiger partial charge is 0.130 e. The Hall–Kier alpha value is -1.06. The summed E-state index contributed by atoms with van der Waals surface area (Å²) < 4.78 is 0. The van der Waals surface area contributed by atoms with E-state index in [1.807, 2.05) is 12.1 Å². The number of allylic oxidation sites excluding steroid dienone is 1. The predicted octanol–water partition coefficient (Wildman–Crippen LogP) is 1.82. The molecule has 0 spiro atoms. The first-order chi connectivity index (χ1) is 6.66. The Morgan fingerprint density at radius 3 is 2.93 bits per heavy atom. The van der Waals surface area contributed by atoms with Crippen LogP contribution in [0.15, 0.2) is 18.3 Å². The molecular weight excluding hydrogens is 198 g/mol. The van der Waals surface area contributed by atoms with Crippen LogP contribution < -0.4 is 11.5 Å². The van der Waals surface area contributed by atoms with Crippen molar-refractivity contribution in [2.75, 3.05) is 5.73 Å². The maximum Gasteiger partial charge on any atom is 0.130 e. The molecule has 1 atom stereocenters. The van der Waals surface area contributed by atoms with Crippen LogP contribution in [-0.4, -0.2) is 11.0 Å². The first-order valence-corrected chi connectivity index (χ1v) is 4.92. The minimum absolute atomic E-state index is 0.142. The molecule has 0 radical (unpaired) electrons. The van der Waals surface area contributed by atoms with Crippen molar-refractivity contribution in [3.8, 4) is 0 Å². The predicted molar refractivity (Wildman–Crippen MR) is 58.8 cm³/mol. The first-order valence-electron chi connectivity index (χ1n) is 4.54. The average molecular weight is 210 g/mol. The number of aromatic nitrogens is 1. The van der Waals surface area contributed by atoms with Crippen molar-refractivity contribution >= 4 is 23.0 Å². The minimum atomic E-state index is 0.142. The zero-order chi connectivity index (χ0) is 10.1. The third kappa shape index (κ3) is 1.74. The molecule has 1 aliphatic rings. The van der Waals surface area contributed by atoms with Crippen LogP contribution in [0.3, 0.4) is 0 Å². The lowest BCUT2D eigenvalue weighted by molar-refractivity contribution is 0.782. The van der Waals surface area contributed by atoms with Gasteiger partial charge in [-0.2, -0.15) is 0 Å². The molecule has 1 aromatic rings. The molecule has 1 aliphatic carbocycles. The third-order valence-corrected chi connectivity index (χ3v) is 2.60. The van der Waals surface area contributed by atoms with Crippen molar-refractivity contribution in [1.29, 1.82) is 0 Å². The molecule has 1 heterocycles. The van der Waals surface area contributed by atoms with Crippen molar-refractivity contribution in [3.05, 3.63) is 28.9 Å². The summed E-state index contributed by atoms with van der Waals surface area (Å²) in [6.45, 7) is 0. The summed E-state index contributed by atoms with van der Waals surface area (Å²) in [4.78, 5) is 4.01. The van der Waals surface area contributed by atoms with E-state index in [2.05, 4.69) is 4.98 Å². The molecule has 0 fully saturated rings. The topological polar surface area (TPSA) is 64.9 Å². The van der Waals surface area contributed by atoms with E-state index in [-0.39, 0.29) is 6.04 Å². The number of hydrogen-bond acceptors (Lipinski definition) is 3. The maximum absolute atomic E-state index is 5.86. The third-order valence-electron chi connectivity index (χ3n) is 2.39. The fourth-order valence-electron chi connectivity index (χ4n) is 1.68. The second-order valence-electron chi connectivity index (χ2n) is 3.48. The SMILES string of the molecule is Nc1ncc(Cl)cc1C1=CC(N)CC1. The summed E-state index contributed by atoms with van der Waals surface area (Å²) in [6, 6.07) is 1.98. The van der Waals surface area contributed by atoms with E-state index in [4.69, 9.17) is 23.1 Å². The average Bonchev–Trinajstić information content (AvgIpc) is 2.56. The minimum Gasteiger partial charge on any atom is -0.383 e. The van der Waals surface area contributed by atoms with Crippen molar-refractivity contribution < 1.29 is 0 Å². The molecular formula is C10H12ClN3. The van der Waals surface area contributed by atoms with Gasteiger partial charge in [0.15, 0.2) is 0 Å². The fourth-order valence-corrected chi connectivity index (χ4v) is 1.84. The van der Waals surface area contributed by atoms with Gasteiger partial charge in [0, 0.05) is 17.8 Å². The van der Waals surface area contributed by atoms with Crippen LogP contribution >= 0.6 is 11.6 Å². The molecule has 4 heteroatoms. The Labute approximate surface area is 87.8 Å². The molecule has 0 aromatic carbocycles. The Balaban J connectivity index is 2.41. The molecule has 2 rings (SSSR count). The number of anilines is 1. The number of nitrogen functional groups attached to an aromatic ring is 1. The number of hydrogen-bond donors (Lipinski definition) is 2. The van der Waals surface area contributed by atoms with E-state index in [0.717, 1.165) is 24.0 Å². The highest BCUT2D eigenvalue weighted by Gasteiger charge is 2.15. The monoisotopic (exact) mass is 209 g/mol. The largest absolute Gasteiger partial charge is 0.383 e. The Kier molecular flexibility index (Phi) is 2.44. The molecule has 0 saturated heterocycles. The molecule has 4 N–H and O–H groups in total. The molecule has 1 aromatic heterocycles. The Morgan fingerprint density at radius 1 is 1.50 bits per heavy atom. The van der Waals surface area contributed by atoms with E-state index in [1.54, 1.807) is 6.20 Å². The van der Waals surface area contributed by atoms with Gasteiger partial charge in [0.25, 0.3) is 0 Å². The van der Waals surface area contributed by atoms with E-state index >= 15 is 0 Å². The number of pyridine rings is 1. The van der Waals surface area contributed by atoms with Crippen molar-refractivity contribution in [1.82, 2.24) is 4.98 Å². The second-order valence-corrected chi connectivity index (χ2v) is 3.92. The molecule has 0 saturated carbocycles. The molecule has 0 aliphatic heterocycles. The van der Waals surface area contributed by atoms with Gasteiger partial charge in [-0.15, -0.1) is 0 Å². The van der Waals surface area contributed by atoms with Crippen LogP contribution in [0.25, 0.3) is 5.57 Å². The van der Waals surface area contributed by atoms with Crippen LogP contribution in [-0.2, 0) is 0 Å². The highest BCUT2D eigenvalue weighted by Crippen LogP contribution is 2.31. The number of rotatable bonds is 1. The normalized spacial score (nSPS) is 21.0. The van der Waals surface area contributed by atoms with Gasteiger partial charge >= 0.3 is 0 Å². The van der Waals surface area contributed by atoms with Gasteiger partial charge in [-0.05, 0) is 24.5 Å². The van der Waals surface area contributed by atoms with Crippen LogP contribution in [0.5, 0.6) is 0 Å². The van der Waals surface area contributed by atoms with E-state index in [1.165, 1.54) is 0 Å². The van der Waals surface area contributed by atoms with Crippen molar-refractivity contribution in [2.24, 2.45) is 5.73 Å². The molecule has 3 nitrogen and oxygen atoms in total. The molecule has 14 heavy (non-hydrogen) atoms. The van der Waals surface area contributed by atoms with E-state index in [9.17, 15) is 0 Å². The van der Waals surface area contributed by atoms with Crippen molar-refractivity contribution in [3.63, 3.8) is 0 Å². The Morgan fingerprint density at radius 2 is 2.29 bits per heavy atom.